The van der Waals surface area contributed by atoms with Crippen molar-refractivity contribution in [2.24, 2.45) is 5.92 Å². The van der Waals surface area contributed by atoms with Gasteiger partial charge >= 0.3 is 0 Å². The number of pyridine rings is 1. The molecule has 0 radical (unpaired) electrons. The minimum Gasteiger partial charge on any atom is -0.388 e. The van der Waals surface area contributed by atoms with Crippen LogP contribution >= 0.6 is 0 Å². The third-order valence-electron chi connectivity index (χ3n) is 7.46. The molecule has 2 aromatic heterocycles. The number of piperidine rings is 1. The number of amides is 1. The Morgan fingerprint density at radius 1 is 1.24 bits per heavy atom. The molecule has 6 nitrogen and oxygen atoms in total. The lowest BCUT2D eigenvalue weighted by Gasteiger charge is -2.45. The lowest BCUT2D eigenvalue weighted by atomic mass is 9.82. The summed E-state index contributed by atoms with van der Waals surface area (Å²) in [7, 11) is 1.75. The van der Waals surface area contributed by atoms with Gasteiger partial charge in [0.1, 0.15) is 0 Å². The van der Waals surface area contributed by atoms with E-state index >= 15 is 0 Å². The molecule has 1 amide bonds. The summed E-state index contributed by atoms with van der Waals surface area (Å²) >= 11 is 0. The van der Waals surface area contributed by atoms with Crippen LogP contribution in [0.1, 0.15) is 51.4 Å². The zero-order valence-electron chi connectivity index (χ0n) is 17.2. The zero-order chi connectivity index (χ0) is 20.0. The molecule has 2 saturated heterocycles. The van der Waals surface area contributed by atoms with Gasteiger partial charge in [-0.1, -0.05) is 6.42 Å². The molecule has 0 aromatic carbocycles. The van der Waals surface area contributed by atoms with Crippen molar-refractivity contribution in [1.29, 1.82) is 0 Å². The molecule has 1 aliphatic carbocycles. The quantitative estimate of drug-likeness (QED) is 0.861. The van der Waals surface area contributed by atoms with Crippen LogP contribution in [0.5, 0.6) is 0 Å². The van der Waals surface area contributed by atoms with Crippen LogP contribution in [0.3, 0.4) is 0 Å². The standard InChI is InChI=1S/C23H31N3O3/c1-29-20-4-2-3-17(11-20)22(27)26-18-5-6-19(26)13-23(28,12-18)15-25-10-8-16-7-9-24-14-21(16)25/h7-10,14,17-20,28H,2-6,11-13,15H2,1H3/t17-,18+,19+,20-/m0/s1. The smallest absolute Gasteiger partial charge is 0.226 e. The number of aromatic nitrogens is 2. The summed E-state index contributed by atoms with van der Waals surface area (Å²) in [5.74, 6) is 0.388. The van der Waals surface area contributed by atoms with Gasteiger partial charge < -0.3 is 19.3 Å². The van der Waals surface area contributed by atoms with Gasteiger partial charge in [-0.25, -0.2) is 0 Å². The first-order valence-electron chi connectivity index (χ1n) is 11.0. The Kier molecular flexibility index (Phi) is 4.87. The molecule has 156 valence electrons. The summed E-state index contributed by atoms with van der Waals surface area (Å²) in [5, 5.41) is 12.6. The van der Waals surface area contributed by atoms with E-state index in [1.807, 2.05) is 18.5 Å². The van der Waals surface area contributed by atoms with Crippen LogP contribution in [0.15, 0.2) is 30.7 Å². The highest BCUT2D eigenvalue weighted by molar-refractivity contribution is 5.80. The molecule has 4 atom stereocenters. The molecule has 2 bridgehead atoms. The maximum absolute atomic E-state index is 13.4. The van der Waals surface area contributed by atoms with Crippen molar-refractivity contribution < 1.29 is 14.6 Å². The molecule has 3 aliphatic rings. The number of aliphatic hydroxyl groups is 1. The predicted molar refractivity (Wildman–Crippen MR) is 110 cm³/mol. The van der Waals surface area contributed by atoms with Gasteiger partial charge in [-0.15, -0.1) is 0 Å². The second kappa shape index (κ2) is 7.40. The number of rotatable bonds is 4. The van der Waals surface area contributed by atoms with Gasteiger partial charge in [0.2, 0.25) is 5.91 Å². The molecule has 0 unspecified atom stereocenters. The van der Waals surface area contributed by atoms with Crippen molar-refractivity contribution in [3.8, 4) is 0 Å². The molecule has 6 heteroatoms. The van der Waals surface area contributed by atoms with Crippen molar-refractivity contribution in [3.63, 3.8) is 0 Å². The molecular weight excluding hydrogens is 366 g/mol. The number of carbonyl (C=O) groups is 1. The summed E-state index contributed by atoms with van der Waals surface area (Å²) in [6, 6.07) is 4.39. The molecule has 2 aliphatic heterocycles. The van der Waals surface area contributed by atoms with Gasteiger partial charge in [0, 0.05) is 42.9 Å². The molecule has 2 aromatic rings. The Balaban J connectivity index is 1.31. The first-order valence-corrected chi connectivity index (χ1v) is 11.0. The largest absolute Gasteiger partial charge is 0.388 e. The highest BCUT2D eigenvalue weighted by Gasteiger charge is 2.50. The van der Waals surface area contributed by atoms with E-state index in [0.717, 1.165) is 49.4 Å². The Labute approximate surface area is 171 Å². The van der Waals surface area contributed by atoms with E-state index in [9.17, 15) is 9.90 Å². The highest BCUT2D eigenvalue weighted by atomic mass is 16.5. The van der Waals surface area contributed by atoms with Gasteiger partial charge in [0.15, 0.2) is 0 Å². The average Bonchev–Trinajstić information content (AvgIpc) is 3.26. The van der Waals surface area contributed by atoms with Crippen LogP contribution in [0.25, 0.3) is 10.9 Å². The molecule has 4 heterocycles. The summed E-state index contributed by atoms with van der Waals surface area (Å²) in [5.41, 5.74) is 0.283. The van der Waals surface area contributed by atoms with Crippen molar-refractivity contribution in [1.82, 2.24) is 14.5 Å². The van der Waals surface area contributed by atoms with E-state index in [0.29, 0.717) is 25.3 Å². The van der Waals surface area contributed by atoms with Gasteiger partial charge in [0.25, 0.3) is 0 Å². The zero-order valence-corrected chi connectivity index (χ0v) is 17.2. The average molecular weight is 398 g/mol. The predicted octanol–water partition coefficient (Wildman–Crippen LogP) is 3.13. The number of methoxy groups -OCH3 is 1. The van der Waals surface area contributed by atoms with E-state index in [2.05, 4.69) is 20.5 Å². The van der Waals surface area contributed by atoms with E-state index in [1.165, 1.54) is 0 Å². The van der Waals surface area contributed by atoms with Crippen LogP contribution in [0.4, 0.5) is 0 Å². The maximum Gasteiger partial charge on any atom is 0.226 e. The topological polar surface area (TPSA) is 67.6 Å². The number of hydrogen-bond donors (Lipinski definition) is 1. The summed E-state index contributed by atoms with van der Waals surface area (Å²) in [4.78, 5) is 19.7. The van der Waals surface area contributed by atoms with Crippen molar-refractivity contribution >= 4 is 16.8 Å². The third kappa shape index (κ3) is 3.46. The van der Waals surface area contributed by atoms with Crippen LogP contribution in [-0.2, 0) is 16.1 Å². The van der Waals surface area contributed by atoms with Crippen molar-refractivity contribution in [3.05, 3.63) is 30.7 Å². The summed E-state index contributed by atoms with van der Waals surface area (Å²) in [6.45, 7) is 0.562. The van der Waals surface area contributed by atoms with E-state index in [4.69, 9.17) is 4.74 Å². The lowest BCUT2D eigenvalue weighted by molar-refractivity contribution is -0.149. The molecule has 5 rings (SSSR count). The number of nitrogens with zero attached hydrogens (tertiary/aromatic N) is 3. The number of hydrogen-bond acceptors (Lipinski definition) is 4. The Bertz CT molecular complexity index is 880. The van der Waals surface area contributed by atoms with E-state index < -0.39 is 5.60 Å². The Morgan fingerprint density at radius 3 is 2.79 bits per heavy atom. The molecule has 1 N–H and O–H groups in total. The fourth-order valence-electron chi connectivity index (χ4n) is 6.09. The minimum atomic E-state index is -0.772. The fraction of sp³-hybridized carbons (Fsp3) is 0.652. The van der Waals surface area contributed by atoms with Crippen molar-refractivity contribution in [2.75, 3.05) is 7.11 Å². The Morgan fingerprint density at radius 2 is 2.03 bits per heavy atom. The van der Waals surface area contributed by atoms with E-state index in [1.54, 1.807) is 13.3 Å². The first-order chi connectivity index (χ1) is 14.1. The molecule has 0 spiro atoms. The number of carbonyl (C=O) groups excluding carboxylic acids is 1. The Hall–Kier alpha value is -1.92. The van der Waals surface area contributed by atoms with Crippen LogP contribution in [-0.4, -0.2) is 56.4 Å². The highest BCUT2D eigenvalue weighted by Crippen LogP contribution is 2.43. The van der Waals surface area contributed by atoms with Crippen LogP contribution in [0.2, 0.25) is 0 Å². The van der Waals surface area contributed by atoms with E-state index in [-0.39, 0.29) is 24.1 Å². The van der Waals surface area contributed by atoms with Crippen molar-refractivity contribution in [2.45, 2.75) is 81.7 Å². The van der Waals surface area contributed by atoms with Gasteiger partial charge in [-0.3, -0.25) is 9.78 Å². The van der Waals surface area contributed by atoms with Crippen LogP contribution in [0, 0.1) is 5.92 Å². The number of fused-ring (bicyclic) bond motifs is 3. The van der Waals surface area contributed by atoms with Crippen LogP contribution < -0.4 is 0 Å². The second-order valence-corrected chi connectivity index (χ2v) is 9.36. The molecule has 29 heavy (non-hydrogen) atoms. The summed E-state index contributed by atoms with van der Waals surface area (Å²) in [6.07, 6.45) is 13.2. The lowest BCUT2D eigenvalue weighted by Crippen LogP contribution is -2.56. The maximum atomic E-state index is 13.4. The molecule has 3 fully saturated rings. The minimum absolute atomic E-state index is 0.0856. The fourth-order valence-corrected chi connectivity index (χ4v) is 6.09. The first kappa shape index (κ1) is 19.1. The van der Waals surface area contributed by atoms with Gasteiger partial charge in [-0.05, 0) is 57.1 Å². The monoisotopic (exact) mass is 397 g/mol. The molecular formula is C23H31N3O3. The number of ether oxygens (including phenoxy) is 1. The third-order valence-corrected chi connectivity index (χ3v) is 7.46. The second-order valence-electron chi connectivity index (χ2n) is 9.36. The normalized spacial score (nSPS) is 34.6. The summed E-state index contributed by atoms with van der Waals surface area (Å²) < 4.78 is 7.65. The molecule has 1 saturated carbocycles. The SMILES string of the molecule is CO[C@H]1CCC[C@H](C(=O)N2[C@@H]3CC[C@@H]2CC(O)(Cn2ccc4ccncc42)C3)C1. The van der Waals surface area contributed by atoms with Gasteiger partial charge in [-0.2, -0.15) is 0 Å². The van der Waals surface area contributed by atoms with Gasteiger partial charge in [0.05, 0.1) is 30.0 Å².